The fraction of sp³-hybridized carbons (Fsp3) is 0.750. The highest BCUT2D eigenvalue weighted by Gasteiger charge is 2.19. The van der Waals surface area contributed by atoms with Gasteiger partial charge in [0.1, 0.15) is 13.2 Å². The lowest BCUT2D eigenvalue weighted by Crippen LogP contribution is -2.30. The number of hydrogen-bond acceptors (Lipinski definition) is 6. The number of carbonyl (C=O) groups excluding carboxylic acids is 3. The van der Waals surface area contributed by atoms with Crippen molar-refractivity contribution in [1.82, 2.24) is 0 Å². The second kappa shape index (κ2) is 62.1. The van der Waals surface area contributed by atoms with Crippen molar-refractivity contribution in [2.45, 2.75) is 316 Å². The van der Waals surface area contributed by atoms with E-state index in [2.05, 4.69) is 106 Å². The fourth-order valence-electron chi connectivity index (χ4n) is 8.95. The van der Waals surface area contributed by atoms with Crippen LogP contribution in [0.15, 0.2) is 85.1 Å². The van der Waals surface area contributed by atoms with Gasteiger partial charge in [-0.05, 0) is 77.0 Å². The van der Waals surface area contributed by atoms with E-state index in [1.54, 1.807) is 0 Å². The van der Waals surface area contributed by atoms with Gasteiger partial charge in [-0.3, -0.25) is 14.4 Å². The lowest BCUT2D eigenvalue weighted by molar-refractivity contribution is -0.167. The Bertz CT molecular complexity index is 1420. The normalized spacial score (nSPS) is 12.6. The number of ether oxygens (including phenoxy) is 3. The Kier molecular flexibility index (Phi) is 59.3. The number of allylic oxidation sites excluding steroid dienone is 14. The zero-order valence-corrected chi connectivity index (χ0v) is 48.8. The minimum absolute atomic E-state index is 0.0730. The molecule has 1 unspecified atom stereocenters. The van der Waals surface area contributed by atoms with E-state index in [0.717, 1.165) is 103 Å². The summed E-state index contributed by atoms with van der Waals surface area (Å²) in [5, 5.41) is 0. The number of esters is 3. The van der Waals surface area contributed by atoms with Gasteiger partial charge >= 0.3 is 17.9 Å². The van der Waals surface area contributed by atoms with Crippen LogP contribution in [0.25, 0.3) is 0 Å². The average molecular weight is 1030 g/mol. The van der Waals surface area contributed by atoms with Crippen molar-refractivity contribution >= 4 is 17.9 Å². The SMILES string of the molecule is CC/C=C\C/C=C\C/C=C\C/C=C\C/C=C\C/C=C\C/C=C\CCCCCCCCCCCCCC(=O)OCC(COC(=O)CCCCCCCC)OC(=O)CCCCCCCCCCCCCCCCCCC. The van der Waals surface area contributed by atoms with E-state index >= 15 is 0 Å². The molecule has 426 valence electrons. The minimum Gasteiger partial charge on any atom is -0.462 e. The number of rotatable bonds is 57. The molecule has 0 heterocycles. The summed E-state index contributed by atoms with van der Waals surface area (Å²) in [6, 6.07) is 0. The summed E-state index contributed by atoms with van der Waals surface area (Å²) in [6.07, 6.45) is 82.0. The van der Waals surface area contributed by atoms with Crippen LogP contribution < -0.4 is 0 Å². The lowest BCUT2D eigenvalue weighted by Gasteiger charge is -2.18. The Balaban J connectivity index is 4.04. The Morgan fingerprint density at radius 3 is 0.824 bits per heavy atom. The van der Waals surface area contributed by atoms with E-state index in [4.69, 9.17) is 14.2 Å². The maximum Gasteiger partial charge on any atom is 0.306 e. The molecule has 0 N–H and O–H groups in total. The number of hydrogen-bond donors (Lipinski definition) is 0. The van der Waals surface area contributed by atoms with Crippen LogP contribution >= 0.6 is 0 Å². The van der Waals surface area contributed by atoms with Gasteiger partial charge in [-0.25, -0.2) is 0 Å². The summed E-state index contributed by atoms with van der Waals surface area (Å²) in [6.45, 7) is 6.49. The molecule has 0 amide bonds. The van der Waals surface area contributed by atoms with Gasteiger partial charge in [0.2, 0.25) is 0 Å². The molecular weight excluding hydrogens is 913 g/mol. The van der Waals surface area contributed by atoms with Crippen molar-refractivity contribution < 1.29 is 28.6 Å². The summed E-state index contributed by atoms with van der Waals surface area (Å²) < 4.78 is 16.8. The van der Waals surface area contributed by atoms with Crippen molar-refractivity contribution in [2.24, 2.45) is 0 Å². The molecule has 0 aromatic heterocycles. The van der Waals surface area contributed by atoms with Gasteiger partial charge in [0.15, 0.2) is 6.10 Å². The summed E-state index contributed by atoms with van der Waals surface area (Å²) in [7, 11) is 0. The van der Waals surface area contributed by atoms with E-state index in [1.807, 2.05) is 0 Å². The molecule has 0 fully saturated rings. The highest BCUT2D eigenvalue weighted by atomic mass is 16.6. The molecule has 0 saturated heterocycles. The van der Waals surface area contributed by atoms with Crippen LogP contribution in [0.3, 0.4) is 0 Å². The number of unbranched alkanes of at least 4 members (excludes halogenated alkanes) is 32. The predicted octanol–water partition coefficient (Wildman–Crippen LogP) is 21.5. The highest BCUT2D eigenvalue weighted by Crippen LogP contribution is 2.17. The van der Waals surface area contributed by atoms with Crippen molar-refractivity contribution in [3.05, 3.63) is 85.1 Å². The van der Waals surface area contributed by atoms with Gasteiger partial charge in [-0.2, -0.15) is 0 Å². The van der Waals surface area contributed by atoms with E-state index in [1.165, 1.54) is 167 Å². The molecule has 0 aliphatic carbocycles. The molecule has 0 spiro atoms. The van der Waals surface area contributed by atoms with Gasteiger partial charge in [-0.1, -0.05) is 298 Å². The fourth-order valence-corrected chi connectivity index (χ4v) is 8.95. The zero-order chi connectivity index (χ0) is 53.6. The average Bonchev–Trinajstić information content (AvgIpc) is 3.40. The minimum atomic E-state index is -0.771. The third-order valence-corrected chi connectivity index (χ3v) is 13.7. The summed E-state index contributed by atoms with van der Waals surface area (Å²) in [4.78, 5) is 38.0. The molecule has 0 aromatic rings. The molecule has 0 bridgehead atoms. The molecule has 74 heavy (non-hydrogen) atoms. The molecule has 0 aromatic carbocycles. The van der Waals surface area contributed by atoms with Gasteiger partial charge in [0, 0.05) is 19.3 Å². The van der Waals surface area contributed by atoms with Crippen molar-refractivity contribution in [3.63, 3.8) is 0 Å². The van der Waals surface area contributed by atoms with Gasteiger partial charge < -0.3 is 14.2 Å². The first-order valence-corrected chi connectivity index (χ1v) is 31.6. The van der Waals surface area contributed by atoms with E-state index in [9.17, 15) is 14.4 Å². The molecular formula is C68H118O6. The highest BCUT2D eigenvalue weighted by molar-refractivity contribution is 5.71. The Morgan fingerprint density at radius 1 is 0.284 bits per heavy atom. The Labute approximate surface area is 458 Å². The summed E-state index contributed by atoms with van der Waals surface area (Å²) in [5.74, 6) is -0.873. The van der Waals surface area contributed by atoms with Crippen LogP contribution in [-0.4, -0.2) is 37.2 Å². The molecule has 0 aliphatic rings. The van der Waals surface area contributed by atoms with E-state index in [-0.39, 0.29) is 31.1 Å². The molecule has 1 atom stereocenters. The molecule has 0 rings (SSSR count). The first-order valence-electron chi connectivity index (χ1n) is 31.6. The van der Waals surface area contributed by atoms with Crippen LogP contribution in [-0.2, 0) is 28.6 Å². The van der Waals surface area contributed by atoms with Crippen LogP contribution in [0.1, 0.15) is 310 Å². The smallest absolute Gasteiger partial charge is 0.306 e. The second-order valence-electron chi connectivity index (χ2n) is 21.0. The van der Waals surface area contributed by atoms with Crippen molar-refractivity contribution in [2.75, 3.05) is 13.2 Å². The predicted molar refractivity (Wildman–Crippen MR) is 321 cm³/mol. The van der Waals surface area contributed by atoms with Crippen LogP contribution in [0.5, 0.6) is 0 Å². The van der Waals surface area contributed by atoms with Crippen LogP contribution in [0.2, 0.25) is 0 Å². The molecule has 6 heteroatoms. The van der Waals surface area contributed by atoms with Gasteiger partial charge in [-0.15, -0.1) is 0 Å². The largest absolute Gasteiger partial charge is 0.462 e. The van der Waals surface area contributed by atoms with Crippen molar-refractivity contribution in [3.8, 4) is 0 Å². The Morgan fingerprint density at radius 2 is 0.527 bits per heavy atom. The van der Waals surface area contributed by atoms with Crippen LogP contribution in [0.4, 0.5) is 0 Å². The standard InChI is InChI=1S/C68H118O6/c1-4-7-10-13-16-18-20-22-24-26-27-28-29-30-31-32-33-34-35-36-37-38-39-40-41-43-44-46-48-50-52-55-58-61-67(70)73-64-65(63-72-66(69)60-57-54-15-12-9-6-3)74-68(71)62-59-56-53-51-49-47-45-42-25-23-21-19-17-14-11-8-5-2/h7,10,16,18,22,24,27-28,30-31,33-34,36-37,65H,4-6,8-9,11-15,17,19-21,23,25-26,29,32,35,38-64H2,1-3H3/b10-7-,18-16-,24-22-,28-27-,31-30-,34-33-,37-36-. The maximum atomic E-state index is 12.8. The quantitative estimate of drug-likeness (QED) is 0.0261. The molecule has 0 aliphatic heterocycles. The molecule has 0 radical (unpaired) electrons. The third kappa shape index (κ3) is 59.5. The maximum absolute atomic E-state index is 12.8. The van der Waals surface area contributed by atoms with Gasteiger partial charge in [0.25, 0.3) is 0 Å². The Hall–Kier alpha value is -3.41. The summed E-state index contributed by atoms with van der Waals surface area (Å²) in [5.41, 5.74) is 0. The van der Waals surface area contributed by atoms with E-state index < -0.39 is 6.10 Å². The topological polar surface area (TPSA) is 78.9 Å². The summed E-state index contributed by atoms with van der Waals surface area (Å²) >= 11 is 0. The van der Waals surface area contributed by atoms with Crippen LogP contribution in [0, 0.1) is 0 Å². The van der Waals surface area contributed by atoms with Crippen molar-refractivity contribution in [1.29, 1.82) is 0 Å². The monoisotopic (exact) mass is 1030 g/mol. The molecule has 6 nitrogen and oxygen atoms in total. The van der Waals surface area contributed by atoms with Gasteiger partial charge in [0.05, 0.1) is 0 Å². The first-order chi connectivity index (χ1) is 36.5. The zero-order valence-electron chi connectivity index (χ0n) is 48.8. The lowest BCUT2D eigenvalue weighted by atomic mass is 10.0. The molecule has 0 saturated carbocycles. The first kappa shape index (κ1) is 70.6. The number of carbonyl (C=O) groups is 3. The third-order valence-electron chi connectivity index (χ3n) is 13.7. The second-order valence-corrected chi connectivity index (χ2v) is 21.0. The van der Waals surface area contributed by atoms with E-state index in [0.29, 0.717) is 19.3 Å².